The molecule has 0 spiro atoms. The molecule has 1 atom stereocenters. The van der Waals surface area contributed by atoms with Crippen LogP contribution in [0.2, 0.25) is 0 Å². The van der Waals surface area contributed by atoms with Crippen molar-refractivity contribution in [2.75, 3.05) is 6.54 Å². The van der Waals surface area contributed by atoms with Crippen molar-refractivity contribution in [3.63, 3.8) is 0 Å². The van der Waals surface area contributed by atoms with Gasteiger partial charge in [-0.05, 0) is 73.6 Å². The fraction of sp³-hybridized carbons (Fsp3) is 0.375. The Labute approximate surface area is 176 Å². The Hall–Kier alpha value is -3.02. The molecule has 0 saturated carbocycles. The minimum atomic E-state index is -0.256. The van der Waals surface area contributed by atoms with E-state index in [-0.39, 0.29) is 23.7 Å². The lowest BCUT2D eigenvalue weighted by molar-refractivity contribution is 0.0599. The molecule has 3 heterocycles. The number of piperidine rings is 1. The number of nitrogens with one attached hydrogen (secondary N) is 1. The maximum Gasteiger partial charge on any atom is 0.274 e. The van der Waals surface area contributed by atoms with E-state index in [1.54, 1.807) is 12.1 Å². The van der Waals surface area contributed by atoms with Crippen molar-refractivity contribution in [3.05, 3.63) is 71.1 Å². The number of hydrogen-bond donors (Lipinski definition) is 1. The minimum absolute atomic E-state index is 0.0607. The van der Waals surface area contributed by atoms with E-state index < -0.39 is 0 Å². The van der Waals surface area contributed by atoms with Crippen LogP contribution in [0.25, 0.3) is 11.1 Å². The van der Waals surface area contributed by atoms with Crippen molar-refractivity contribution in [1.29, 1.82) is 0 Å². The largest absolute Gasteiger partial charge is 0.329 e. The fourth-order valence-corrected chi connectivity index (χ4v) is 4.05. The zero-order valence-corrected chi connectivity index (χ0v) is 17.7. The molecule has 1 fully saturated rings. The highest BCUT2D eigenvalue weighted by Crippen LogP contribution is 2.33. The van der Waals surface area contributed by atoms with Crippen LogP contribution in [0.3, 0.4) is 0 Å². The van der Waals surface area contributed by atoms with E-state index in [1.165, 1.54) is 12.1 Å². The van der Waals surface area contributed by atoms with E-state index in [9.17, 15) is 9.18 Å². The summed E-state index contributed by atoms with van der Waals surface area (Å²) in [5.74, 6) is -0.0315. The number of nitrogens with zero attached hydrogens (tertiary/aromatic N) is 3. The Balaban J connectivity index is 1.67. The number of pyridine rings is 1. The Bertz CT molecular complexity index is 1040. The number of rotatable bonds is 4. The van der Waals surface area contributed by atoms with Crippen LogP contribution in [-0.4, -0.2) is 32.5 Å². The molecular formula is C24H27FN4O. The fourth-order valence-electron chi connectivity index (χ4n) is 4.05. The van der Waals surface area contributed by atoms with Crippen molar-refractivity contribution in [1.82, 2.24) is 20.1 Å². The van der Waals surface area contributed by atoms with Crippen molar-refractivity contribution >= 4 is 5.91 Å². The number of aromatic nitrogens is 3. The maximum atomic E-state index is 13.3. The molecule has 0 bridgehead atoms. The number of amides is 1. The molecule has 1 N–H and O–H groups in total. The number of benzene rings is 1. The number of carbonyl (C=O) groups excluding carboxylic acids is 1. The summed E-state index contributed by atoms with van der Waals surface area (Å²) in [6, 6.07) is 12.3. The molecule has 1 aliphatic rings. The van der Waals surface area contributed by atoms with Gasteiger partial charge in [-0.3, -0.25) is 14.9 Å². The summed E-state index contributed by atoms with van der Waals surface area (Å²) >= 11 is 0. The molecule has 5 nitrogen and oxygen atoms in total. The lowest BCUT2D eigenvalue weighted by Crippen LogP contribution is -2.39. The number of likely N-dealkylation sites (tertiary alicyclic amines) is 1. The average Bonchev–Trinajstić information content (AvgIpc) is 3.24. The summed E-state index contributed by atoms with van der Waals surface area (Å²) in [6.45, 7) is 6.78. The van der Waals surface area contributed by atoms with E-state index in [4.69, 9.17) is 4.98 Å². The topological polar surface area (TPSA) is 61.9 Å². The lowest BCUT2D eigenvalue weighted by Gasteiger charge is -2.35. The van der Waals surface area contributed by atoms with Crippen molar-refractivity contribution in [3.8, 4) is 11.1 Å². The third kappa shape index (κ3) is 4.13. The van der Waals surface area contributed by atoms with E-state index >= 15 is 0 Å². The summed E-state index contributed by atoms with van der Waals surface area (Å²) in [7, 11) is 0. The molecule has 3 aromatic rings. The molecular weight excluding hydrogens is 379 g/mol. The zero-order valence-electron chi connectivity index (χ0n) is 17.7. The van der Waals surface area contributed by atoms with Gasteiger partial charge in [-0.2, -0.15) is 5.10 Å². The normalized spacial score (nSPS) is 16.8. The Morgan fingerprint density at radius 3 is 2.60 bits per heavy atom. The average molecular weight is 407 g/mol. The maximum absolute atomic E-state index is 13.3. The van der Waals surface area contributed by atoms with Crippen LogP contribution >= 0.6 is 0 Å². The molecule has 1 aromatic carbocycles. The van der Waals surface area contributed by atoms with Crippen molar-refractivity contribution in [2.45, 2.75) is 52.0 Å². The van der Waals surface area contributed by atoms with Gasteiger partial charge in [0.1, 0.15) is 11.5 Å². The first-order valence-electron chi connectivity index (χ1n) is 10.5. The second-order valence-electron chi connectivity index (χ2n) is 8.30. The van der Waals surface area contributed by atoms with Crippen molar-refractivity contribution < 1.29 is 9.18 Å². The van der Waals surface area contributed by atoms with Gasteiger partial charge in [-0.25, -0.2) is 4.39 Å². The van der Waals surface area contributed by atoms with Crippen LogP contribution in [0, 0.1) is 12.7 Å². The van der Waals surface area contributed by atoms with Gasteiger partial charge < -0.3 is 4.90 Å². The second-order valence-corrected chi connectivity index (χ2v) is 8.30. The van der Waals surface area contributed by atoms with E-state index in [0.29, 0.717) is 12.2 Å². The number of carbonyl (C=O) groups is 1. The van der Waals surface area contributed by atoms with Gasteiger partial charge in [-0.1, -0.05) is 26.0 Å². The second kappa shape index (κ2) is 8.38. The first-order chi connectivity index (χ1) is 14.4. The highest BCUT2D eigenvalue weighted by atomic mass is 19.1. The monoisotopic (exact) mass is 406 g/mol. The van der Waals surface area contributed by atoms with E-state index in [0.717, 1.165) is 47.5 Å². The van der Waals surface area contributed by atoms with Gasteiger partial charge >= 0.3 is 0 Å². The highest BCUT2D eigenvalue weighted by Gasteiger charge is 2.31. The molecule has 1 aliphatic heterocycles. The molecule has 2 aromatic heterocycles. The number of hydrogen-bond acceptors (Lipinski definition) is 3. The molecule has 156 valence electrons. The van der Waals surface area contributed by atoms with Gasteiger partial charge in [0.2, 0.25) is 0 Å². The Morgan fingerprint density at radius 1 is 1.13 bits per heavy atom. The first-order valence-corrected chi connectivity index (χ1v) is 10.5. The summed E-state index contributed by atoms with van der Waals surface area (Å²) in [6.07, 6.45) is 2.89. The third-order valence-corrected chi connectivity index (χ3v) is 5.69. The number of aryl methyl sites for hydroxylation is 1. The molecule has 0 radical (unpaired) electrons. The predicted molar refractivity (Wildman–Crippen MR) is 115 cm³/mol. The number of aromatic amines is 1. The molecule has 0 aliphatic carbocycles. The van der Waals surface area contributed by atoms with E-state index in [2.05, 4.69) is 24.0 Å². The molecule has 30 heavy (non-hydrogen) atoms. The van der Waals surface area contributed by atoms with Crippen LogP contribution in [0.15, 0.2) is 42.5 Å². The number of H-pyrrole nitrogens is 1. The summed E-state index contributed by atoms with van der Waals surface area (Å²) in [4.78, 5) is 19.9. The predicted octanol–water partition coefficient (Wildman–Crippen LogP) is 5.41. The first kappa shape index (κ1) is 20.3. The smallest absolute Gasteiger partial charge is 0.274 e. The van der Waals surface area contributed by atoms with Crippen LogP contribution in [0.5, 0.6) is 0 Å². The SMILES string of the molecule is Cc1cc(-c2ccc(F)cc2)cc(C2CCCCN2C(=O)c2cc(C(C)C)[nH]n2)n1. The standard InChI is InChI=1S/C24H27FN4O/c1-15(2)20-14-22(28-27-20)24(30)29-11-5-4-6-23(29)21-13-18(12-16(3)26-21)17-7-9-19(25)10-8-17/h7-10,12-15,23H,4-6,11H2,1-3H3,(H,27,28). The third-order valence-electron chi connectivity index (χ3n) is 5.69. The Morgan fingerprint density at radius 2 is 1.90 bits per heavy atom. The summed E-state index contributed by atoms with van der Waals surface area (Å²) in [5.41, 5.74) is 5.09. The Kier molecular flexibility index (Phi) is 5.66. The van der Waals surface area contributed by atoms with Crippen LogP contribution in [0.4, 0.5) is 4.39 Å². The molecule has 4 rings (SSSR count). The van der Waals surface area contributed by atoms with Crippen LogP contribution in [-0.2, 0) is 0 Å². The summed E-state index contributed by atoms with van der Waals surface area (Å²) in [5, 5.41) is 7.24. The van der Waals surface area contributed by atoms with Crippen molar-refractivity contribution in [2.24, 2.45) is 0 Å². The molecule has 6 heteroatoms. The van der Waals surface area contributed by atoms with Gasteiger partial charge in [0.05, 0.1) is 11.7 Å². The van der Waals surface area contributed by atoms with E-state index in [1.807, 2.05) is 30.0 Å². The quantitative estimate of drug-likeness (QED) is 0.630. The van der Waals surface area contributed by atoms with Gasteiger partial charge in [0, 0.05) is 17.9 Å². The molecule has 1 amide bonds. The minimum Gasteiger partial charge on any atom is -0.329 e. The van der Waals surface area contributed by atoms with Gasteiger partial charge in [0.15, 0.2) is 0 Å². The molecule has 1 saturated heterocycles. The zero-order chi connectivity index (χ0) is 21.3. The molecule has 1 unspecified atom stereocenters. The van der Waals surface area contributed by atoms with Gasteiger partial charge in [0.25, 0.3) is 5.91 Å². The number of halogens is 1. The summed E-state index contributed by atoms with van der Waals surface area (Å²) < 4.78 is 13.3. The van der Waals surface area contributed by atoms with Crippen LogP contribution in [0.1, 0.15) is 72.6 Å². The lowest BCUT2D eigenvalue weighted by atomic mass is 9.95. The highest BCUT2D eigenvalue weighted by molar-refractivity contribution is 5.92. The van der Waals surface area contributed by atoms with Gasteiger partial charge in [-0.15, -0.1) is 0 Å². The van der Waals surface area contributed by atoms with Crippen LogP contribution < -0.4 is 0 Å².